The van der Waals surface area contributed by atoms with Crippen LogP contribution >= 0.6 is 11.8 Å². The fourth-order valence-electron chi connectivity index (χ4n) is 1.85. The van der Waals surface area contributed by atoms with E-state index in [9.17, 15) is 0 Å². The Labute approximate surface area is 142 Å². The van der Waals surface area contributed by atoms with E-state index in [0.717, 1.165) is 30.4 Å². The molecule has 0 unspecified atom stereocenters. The number of aryl methyl sites for hydroxylation is 1. The van der Waals surface area contributed by atoms with E-state index < -0.39 is 0 Å². The highest BCUT2D eigenvalue weighted by Crippen LogP contribution is 2.13. The number of hydrogen-bond donors (Lipinski definition) is 1. The third-order valence-electron chi connectivity index (χ3n) is 3.09. The number of aromatic nitrogens is 4. The summed E-state index contributed by atoms with van der Waals surface area (Å²) in [5.74, 6) is 1.01. The summed E-state index contributed by atoms with van der Waals surface area (Å²) in [5, 5.41) is 15.7. The average molecular weight is 342 g/mol. The maximum Gasteiger partial charge on any atom is 0.209 e. The van der Waals surface area contributed by atoms with Gasteiger partial charge in [-0.2, -0.15) is 0 Å². The SMILES string of the molecule is CN(C)c1ccc(CNCCCSc2nnnn2C)cc1.[Cl-]. The van der Waals surface area contributed by atoms with Crippen LogP contribution in [0.15, 0.2) is 29.4 Å². The number of tetrazole rings is 1. The van der Waals surface area contributed by atoms with Crippen molar-refractivity contribution in [1.82, 2.24) is 25.5 Å². The van der Waals surface area contributed by atoms with Gasteiger partial charge in [0.2, 0.25) is 5.16 Å². The van der Waals surface area contributed by atoms with Gasteiger partial charge in [-0.1, -0.05) is 23.9 Å². The maximum atomic E-state index is 3.94. The van der Waals surface area contributed by atoms with E-state index >= 15 is 0 Å². The van der Waals surface area contributed by atoms with Gasteiger partial charge in [0, 0.05) is 39.1 Å². The molecule has 0 radical (unpaired) electrons. The molecule has 1 aromatic carbocycles. The van der Waals surface area contributed by atoms with Crippen LogP contribution in [0.5, 0.6) is 0 Å². The molecule has 0 fully saturated rings. The Morgan fingerprint density at radius 3 is 2.55 bits per heavy atom. The molecule has 0 aliphatic heterocycles. The zero-order valence-corrected chi connectivity index (χ0v) is 14.7. The van der Waals surface area contributed by atoms with Gasteiger partial charge in [0.25, 0.3) is 0 Å². The summed E-state index contributed by atoms with van der Waals surface area (Å²) in [6.45, 7) is 1.90. The lowest BCUT2D eigenvalue weighted by molar-refractivity contribution is -0.00000463. The van der Waals surface area contributed by atoms with Crippen molar-refractivity contribution in [2.45, 2.75) is 18.1 Å². The third kappa shape index (κ3) is 5.82. The molecule has 1 aromatic heterocycles. The molecule has 0 saturated carbocycles. The molecule has 0 saturated heterocycles. The standard InChI is InChI=1S/C14H22N6S.ClH/c1-19(2)13-7-5-12(6-8-13)11-15-9-4-10-21-14-16-17-18-20(14)3;/h5-8,15H,4,9-11H2,1-3H3;1H/p-1. The Balaban J connectivity index is 0.00000242. The first-order valence-electron chi connectivity index (χ1n) is 6.99. The van der Waals surface area contributed by atoms with E-state index in [1.165, 1.54) is 11.3 Å². The molecule has 0 amide bonds. The molecule has 1 heterocycles. The highest BCUT2D eigenvalue weighted by atomic mass is 35.5. The van der Waals surface area contributed by atoms with E-state index in [2.05, 4.69) is 64.1 Å². The van der Waals surface area contributed by atoms with Crippen molar-refractivity contribution in [2.24, 2.45) is 7.05 Å². The van der Waals surface area contributed by atoms with Crippen LogP contribution in [0.3, 0.4) is 0 Å². The predicted molar refractivity (Wildman–Crippen MR) is 86.6 cm³/mol. The Bertz CT molecular complexity index is 543. The Morgan fingerprint density at radius 1 is 1.23 bits per heavy atom. The summed E-state index contributed by atoms with van der Waals surface area (Å²) in [7, 11) is 5.97. The first-order chi connectivity index (χ1) is 10.2. The lowest BCUT2D eigenvalue weighted by Gasteiger charge is -2.12. The number of nitrogens with zero attached hydrogens (tertiary/aromatic N) is 5. The van der Waals surface area contributed by atoms with Gasteiger partial charge in [-0.05, 0) is 41.1 Å². The van der Waals surface area contributed by atoms with Gasteiger partial charge in [0.05, 0.1) is 0 Å². The minimum absolute atomic E-state index is 0. The number of halogens is 1. The van der Waals surface area contributed by atoms with Crippen molar-refractivity contribution in [3.8, 4) is 0 Å². The normalized spacial score (nSPS) is 10.3. The summed E-state index contributed by atoms with van der Waals surface area (Å²) >= 11 is 1.69. The number of hydrogen-bond acceptors (Lipinski definition) is 6. The van der Waals surface area contributed by atoms with Crippen LogP contribution in [-0.4, -0.2) is 46.6 Å². The molecule has 0 atom stereocenters. The second-order valence-corrected chi connectivity index (χ2v) is 6.09. The monoisotopic (exact) mass is 341 g/mol. The van der Waals surface area contributed by atoms with Crippen molar-refractivity contribution >= 4 is 17.4 Å². The van der Waals surface area contributed by atoms with E-state index in [0.29, 0.717) is 0 Å². The molecular formula is C14H22ClN6S-. The molecule has 1 N–H and O–H groups in total. The summed E-state index contributed by atoms with van der Waals surface area (Å²) in [4.78, 5) is 2.11. The molecular weight excluding hydrogens is 320 g/mol. The minimum atomic E-state index is 0. The van der Waals surface area contributed by atoms with Crippen molar-refractivity contribution in [1.29, 1.82) is 0 Å². The van der Waals surface area contributed by atoms with E-state index in [1.54, 1.807) is 16.4 Å². The van der Waals surface area contributed by atoms with Crippen LogP contribution in [-0.2, 0) is 13.6 Å². The Morgan fingerprint density at radius 2 is 1.95 bits per heavy atom. The number of nitrogens with one attached hydrogen (secondary N) is 1. The zero-order valence-electron chi connectivity index (χ0n) is 13.2. The zero-order chi connectivity index (χ0) is 15.1. The number of benzene rings is 1. The molecule has 122 valence electrons. The number of rotatable bonds is 8. The summed E-state index contributed by atoms with van der Waals surface area (Å²) in [5.41, 5.74) is 2.54. The lowest BCUT2D eigenvalue weighted by atomic mass is 10.2. The second kappa shape index (κ2) is 9.66. The van der Waals surface area contributed by atoms with Gasteiger partial charge >= 0.3 is 0 Å². The summed E-state index contributed by atoms with van der Waals surface area (Å²) < 4.78 is 1.70. The number of anilines is 1. The highest BCUT2D eigenvalue weighted by molar-refractivity contribution is 7.99. The molecule has 22 heavy (non-hydrogen) atoms. The van der Waals surface area contributed by atoms with E-state index in [1.807, 2.05) is 7.05 Å². The third-order valence-corrected chi connectivity index (χ3v) is 4.19. The van der Waals surface area contributed by atoms with E-state index in [-0.39, 0.29) is 12.4 Å². The minimum Gasteiger partial charge on any atom is -1.00 e. The van der Waals surface area contributed by atoms with E-state index in [4.69, 9.17) is 0 Å². The maximum absolute atomic E-state index is 3.94. The first-order valence-corrected chi connectivity index (χ1v) is 7.97. The molecule has 6 nitrogen and oxygen atoms in total. The molecule has 0 aliphatic carbocycles. The Hall–Kier alpha value is -1.31. The summed E-state index contributed by atoms with van der Waals surface area (Å²) in [6.07, 6.45) is 1.09. The van der Waals surface area contributed by atoms with Crippen LogP contribution in [0.1, 0.15) is 12.0 Å². The van der Waals surface area contributed by atoms with Gasteiger partial charge in [-0.3, -0.25) is 0 Å². The smallest absolute Gasteiger partial charge is 0.209 e. The quantitative estimate of drug-likeness (QED) is 0.468. The van der Waals surface area contributed by atoms with Crippen molar-refractivity contribution in [2.75, 3.05) is 31.3 Å². The van der Waals surface area contributed by atoms with Gasteiger partial charge < -0.3 is 22.6 Å². The highest BCUT2D eigenvalue weighted by Gasteiger charge is 2.01. The Kier molecular flexibility index (Phi) is 8.22. The second-order valence-electron chi connectivity index (χ2n) is 5.02. The van der Waals surface area contributed by atoms with Gasteiger partial charge in [0.1, 0.15) is 0 Å². The van der Waals surface area contributed by atoms with Crippen LogP contribution < -0.4 is 22.6 Å². The van der Waals surface area contributed by atoms with Gasteiger partial charge in [0.15, 0.2) is 0 Å². The molecule has 0 spiro atoms. The largest absolute Gasteiger partial charge is 1.00 e. The molecule has 0 aliphatic rings. The molecule has 2 aromatic rings. The van der Waals surface area contributed by atoms with Crippen LogP contribution in [0, 0.1) is 0 Å². The fourth-order valence-corrected chi connectivity index (χ4v) is 2.64. The van der Waals surface area contributed by atoms with Crippen LogP contribution in [0.2, 0.25) is 0 Å². The topological polar surface area (TPSA) is 58.9 Å². The number of thioether (sulfide) groups is 1. The van der Waals surface area contributed by atoms with Gasteiger partial charge in [-0.25, -0.2) is 4.68 Å². The van der Waals surface area contributed by atoms with Gasteiger partial charge in [-0.15, -0.1) is 5.10 Å². The van der Waals surface area contributed by atoms with Crippen LogP contribution in [0.4, 0.5) is 5.69 Å². The molecule has 8 heteroatoms. The molecule has 2 rings (SSSR count). The summed E-state index contributed by atoms with van der Waals surface area (Å²) in [6, 6.07) is 8.63. The lowest BCUT2D eigenvalue weighted by Crippen LogP contribution is -3.00. The van der Waals surface area contributed by atoms with Crippen LogP contribution in [0.25, 0.3) is 0 Å². The van der Waals surface area contributed by atoms with Crippen molar-refractivity contribution in [3.05, 3.63) is 29.8 Å². The van der Waals surface area contributed by atoms with Crippen molar-refractivity contribution in [3.63, 3.8) is 0 Å². The first kappa shape index (κ1) is 18.7. The fraction of sp³-hybridized carbons (Fsp3) is 0.500. The average Bonchev–Trinajstić information content (AvgIpc) is 2.88. The predicted octanol–water partition coefficient (Wildman–Crippen LogP) is -1.45. The molecule has 0 bridgehead atoms. The van der Waals surface area contributed by atoms with Crippen molar-refractivity contribution < 1.29 is 12.4 Å².